The number of benzene rings is 1. The molecule has 3 rings (SSSR count). The van der Waals surface area contributed by atoms with Gasteiger partial charge in [-0.15, -0.1) is 0 Å². The van der Waals surface area contributed by atoms with Gasteiger partial charge in [0.15, 0.2) is 0 Å². The highest BCUT2D eigenvalue weighted by Crippen LogP contribution is 2.25. The van der Waals surface area contributed by atoms with Crippen molar-refractivity contribution >= 4 is 5.91 Å². The number of aromatic nitrogens is 1. The lowest BCUT2D eigenvalue weighted by Crippen LogP contribution is -2.48. The van der Waals surface area contributed by atoms with Crippen molar-refractivity contribution in [1.82, 2.24) is 15.2 Å². The second kappa shape index (κ2) is 6.59. The van der Waals surface area contributed by atoms with Gasteiger partial charge in [0.2, 0.25) is 0 Å². The minimum absolute atomic E-state index is 0.0881. The van der Waals surface area contributed by atoms with Crippen LogP contribution in [-0.2, 0) is 6.42 Å². The van der Waals surface area contributed by atoms with Gasteiger partial charge in [0, 0.05) is 25.3 Å². The predicted octanol–water partition coefficient (Wildman–Crippen LogP) is 2.98. The van der Waals surface area contributed by atoms with Gasteiger partial charge in [0.05, 0.1) is 6.04 Å². The Hall–Kier alpha value is -2.07. The fourth-order valence-corrected chi connectivity index (χ4v) is 3.32. The summed E-state index contributed by atoms with van der Waals surface area (Å²) in [6.07, 6.45) is 1.03. The van der Waals surface area contributed by atoms with Crippen LogP contribution in [0.3, 0.4) is 0 Å². The number of hydrogen-bond acceptors (Lipinski definition) is 2. The summed E-state index contributed by atoms with van der Waals surface area (Å²) in [5.74, 6) is 0.0988. The largest absolute Gasteiger partial charge is 0.354 e. The van der Waals surface area contributed by atoms with Crippen LogP contribution in [0, 0.1) is 13.8 Å². The van der Waals surface area contributed by atoms with Crippen LogP contribution in [0.2, 0.25) is 0 Å². The van der Waals surface area contributed by atoms with E-state index in [0.717, 1.165) is 43.0 Å². The van der Waals surface area contributed by atoms with Crippen LogP contribution in [0.5, 0.6) is 0 Å². The average molecular weight is 311 g/mol. The maximum atomic E-state index is 13.0. The first-order chi connectivity index (χ1) is 11.1. The topological polar surface area (TPSA) is 48.1 Å². The SMILES string of the molecule is CCc1ccc(C2CNCCN2C(=O)c2[nH]c(C)cc2C)cc1. The number of aromatic amines is 1. The molecule has 0 spiro atoms. The van der Waals surface area contributed by atoms with E-state index >= 15 is 0 Å². The van der Waals surface area contributed by atoms with E-state index in [1.165, 1.54) is 11.1 Å². The Morgan fingerprint density at radius 1 is 1.26 bits per heavy atom. The van der Waals surface area contributed by atoms with E-state index in [4.69, 9.17) is 0 Å². The Balaban J connectivity index is 1.88. The van der Waals surface area contributed by atoms with Gasteiger partial charge in [-0.3, -0.25) is 4.79 Å². The third-order valence-corrected chi connectivity index (χ3v) is 4.64. The van der Waals surface area contributed by atoms with Gasteiger partial charge in [0.25, 0.3) is 5.91 Å². The van der Waals surface area contributed by atoms with E-state index in [1.54, 1.807) is 0 Å². The number of nitrogens with one attached hydrogen (secondary N) is 2. The molecule has 1 atom stereocenters. The molecule has 1 saturated heterocycles. The Morgan fingerprint density at radius 2 is 2.00 bits per heavy atom. The van der Waals surface area contributed by atoms with Crippen LogP contribution in [0.25, 0.3) is 0 Å². The molecule has 2 N–H and O–H groups in total. The number of hydrogen-bond donors (Lipinski definition) is 2. The van der Waals surface area contributed by atoms with Crippen molar-refractivity contribution < 1.29 is 4.79 Å². The first-order valence-electron chi connectivity index (χ1n) is 8.37. The van der Waals surface area contributed by atoms with Crippen molar-refractivity contribution in [3.8, 4) is 0 Å². The van der Waals surface area contributed by atoms with Gasteiger partial charge in [-0.25, -0.2) is 0 Å². The van der Waals surface area contributed by atoms with E-state index in [0.29, 0.717) is 0 Å². The Labute approximate surface area is 137 Å². The molecule has 1 aliphatic rings. The van der Waals surface area contributed by atoms with Crippen LogP contribution in [0.4, 0.5) is 0 Å². The molecule has 1 amide bonds. The smallest absolute Gasteiger partial charge is 0.271 e. The standard InChI is InChI=1S/C19H25N3O/c1-4-15-5-7-16(8-6-15)17-12-20-9-10-22(17)19(23)18-13(2)11-14(3)21-18/h5-8,11,17,20-21H,4,9-10,12H2,1-3H3. The van der Waals surface area contributed by atoms with Crippen LogP contribution >= 0.6 is 0 Å². The van der Waals surface area contributed by atoms with Crippen molar-refractivity contribution in [3.63, 3.8) is 0 Å². The van der Waals surface area contributed by atoms with Gasteiger partial charge in [-0.05, 0) is 43.0 Å². The van der Waals surface area contributed by atoms with E-state index in [2.05, 4.69) is 41.5 Å². The second-order valence-corrected chi connectivity index (χ2v) is 6.32. The van der Waals surface area contributed by atoms with E-state index in [1.807, 2.05) is 24.8 Å². The lowest BCUT2D eigenvalue weighted by molar-refractivity contribution is 0.0628. The van der Waals surface area contributed by atoms with Crippen molar-refractivity contribution in [2.75, 3.05) is 19.6 Å². The molecular formula is C19H25N3O. The fraction of sp³-hybridized carbons (Fsp3) is 0.421. The number of amides is 1. The maximum Gasteiger partial charge on any atom is 0.271 e. The molecule has 0 saturated carbocycles. The zero-order valence-electron chi connectivity index (χ0n) is 14.1. The molecule has 0 radical (unpaired) electrons. The zero-order chi connectivity index (χ0) is 16.4. The van der Waals surface area contributed by atoms with Crippen LogP contribution in [0.15, 0.2) is 30.3 Å². The quantitative estimate of drug-likeness (QED) is 0.915. The second-order valence-electron chi connectivity index (χ2n) is 6.32. The number of nitrogens with zero attached hydrogens (tertiary/aromatic N) is 1. The molecule has 1 aromatic heterocycles. The van der Waals surface area contributed by atoms with Crippen LogP contribution in [0.1, 0.15) is 45.8 Å². The Bertz CT molecular complexity index is 687. The molecule has 1 aliphatic heterocycles. The van der Waals surface area contributed by atoms with Gasteiger partial charge in [-0.1, -0.05) is 31.2 Å². The van der Waals surface area contributed by atoms with Crippen molar-refractivity contribution in [2.45, 2.75) is 33.2 Å². The van der Waals surface area contributed by atoms with E-state index < -0.39 is 0 Å². The number of aryl methyl sites for hydroxylation is 3. The van der Waals surface area contributed by atoms with E-state index in [-0.39, 0.29) is 11.9 Å². The van der Waals surface area contributed by atoms with Gasteiger partial charge in [-0.2, -0.15) is 0 Å². The summed E-state index contributed by atoms with van der Waals surface area (Å²) in [7, 11) is 0. The molecule has 0 aliphatic carbocycles. The first kappa shape index (κ1) is 15.8. The lowest BCUT2D eigenvalue weighted by Gasteiger charge is -2.36. The molecule has 1 aromatic carbocycles. The van der Waals surface area contributed by atoms with Gasteiger partial charge >= 0.3 is 0 Å². The zero-order valence-corrected chi connectivity index (χ0v) is 14.1. The van der Waals surface area contributed by atoms with Crippen molar-refractivity contribution in [3.05, 3.63) is 58.4 Å². The molecular weight excluding hydrogens is 286 g/mol. The molecule has 4 heteroatoms. The molecule has 1 fully saturated rings. The number of piperazine rings is 1. The van der Waals surface area contributed by atoms with E-state index in [9.17, 15) is 4.79 Å². The van der Waals surface area contributed by atoms with Crippen molar-refractivity contribution in [1.29, 1.82) is 0 Å². The fourth-order valence-electron chi connectivity index (χ4n) is 3.32. The Morgan fingerprint density at radius 3 is 2.61 bits per heavy atom. The maximum absolute atomic E-state index is 13.0. The minimum Gasteiger partial charge on any atom is -0.354 e. The average Bonchev–Trinajstić information content (AvgIpc) is 2.92. The summed E-state index contributed by atoms with van der Waals surface area (Å²) >= 11 is 0. The van der Waals surface area contributed by atoms with Gasteiger partial charge < -0.3 is 15.2 Å². The molecule has 2 heterocycles. The van der Waals surface area contributed by atoms with Crippen molar-refractivity contribution in [2.24, 2.45) is 0 Å². The third-order valence-electron chi connectivity index (χ3n) is 4.64. The minimum atomic E-state index is 0.0881. The molecule has 23 heavy (non-hydrogen) atoms. The number of rotatable bonds is 3. The summed E-state index contributed by atoms with van der Waals surface area (Å²) in [4.78, 5) is 18.2. The van der Waals surface area contributed by atoms with Crippen LogP contribution in [-0.4, -0.2) is 35.4 Å². The highest BCUT2D eigenvalue weighted by molar-refractivity contribution is 5.94. The van der Waals surface area contributed by atoms with Crippen LogP contribution < -0.4 is 5.32 Å². The molecule has 122 valence electrons. The normalized spacial score (nSPS) is 18.2. The van der Waals surface area contributed by atoms with Gasteiger partial charge in [0.1, 0.15) is 5.69 Å². The highest BCUT2D eigenvalue weighted by Gasteiger charge is 2.30. The monoisotopic (exact) mass is 311 g/mol. The highest BCUT2D eigenvalue weighted by atomic mass is 16.2. The molecule has 0 bridgehead atoms. The summed E-state index contributed by atoms with van der Waals surface area (Å²) in [6, 6.07) is 10.8. The molecule has 4 nitrogen and oxygen atoms in total. The first-order valence-corrected chi connectivity index (χ1v) is 8.37. The Kier molecular flexibility index (Phi) is 4.53. The lowest BCUT2D eigenvalue weighted by atomic mass is 10.0. The number of carbonyl (C=O) groups is 1. The predicted molar refractivity (Wildman–Crippen MR) is 92.7 cm³/mol. The molecule has 1 unspecified atom stereocenters. The third kappa shape index (κ3) is 3.17. The summed E-state index contributed by atoms with van der Waals surface area (Å²) < 4.78 is 0. The number of H-pyrrole nitrogens is 1. The number of carbonyl (C=O) groups excluding carboxylic acids is 1. The summed E-state index contributed by atoms with van der Waals surface area (Å²) in [6.45, 7) is 8.51. The summed E-state index contributed by atoms with van der Waals surface area (Å²) in [5, 5.41) is 3.41. The molecule has 2 aromatic rings. The summed E-state index contributed by atoms with van der Waals surface area (Å²) in [5.41, 5.74) is 5.30.